The first kappa shape index (κ1) is 10.6. The maximum atomic E-state index is 5.84. The highest BCUT2D eigenvalue weighted by Gasteiger charge is 2.28. The minimum absolute atomic E-state index is 0. The van der Waals surface area contributed by atoms with Gasteiger partial charge in [0.1, 0.15) is 0 Å². The van der Waals surface area contributed by atoms with Crippen LogP contribution in [0.25, 0.3) is 0 Å². The van der Waals surface area contributed by atoms with Crippen LogP contribution in [0, 0.1) is 0 Å². The molecule has 0 spiro atoms. The number of nitrogens with two attached hydrogens (primary N) is 1. The van der Waals surface area contributed by atoms with Crippen molar-refractivity contribution < 1.29 is 0 Å². The van der Waals surface area contributed by atoms with Crippen LogP contribution in [0.3, 0.4) is 0 Å². The van der Waals surface area contributed by atoms with Gasteiger partial charge in [-0.15, -0.1) is 12.4 Å². The third-order valence-electron chi connectivity index (χ3n) is 2.68. The number of thioether (sulfide) groups is 1. The lowest BCUT2D eigenvalue weighted by Gasteiger charge is -2.22. The second-order valence-electron chi connectivity index (χ2n) is 3.56. The Labute approximate surface area is 84.7 Å². The van der Waals surface area contributed by atoms with Crippen molar-refractivity contribution in [3.05, 3.63) is 0 Å². The molecule has 0 amide bonds. The minimum atomic E-state index is 0. The lowest BCUT2D eigenvalue weighted by molar-refractivity contribution is 0.261. The zero-order valence-corrected chi connectivity index (χ0v) is 8.87. The van der Waals surface area contributed by atoms with Gasteiger partial charge in [0.25, 0.3) is 0 Å². The molecular formula is C8H17ClN2S. The second kappa shape index (κ2) is 4.70. The van der Waals surface area contributed by atoms with Crippen molar-refractivity contribution in [2.45, 2.75) is 24.9 Å². The Kier molecular flexibility index (Phi) is 4.17. The third kappa shape index (κ3) is 2.28. The van der Waals surface area contributed by atoms with Gasteiger partial charge in [0.15, 0.2) is 0 Å². The van der Waals surface area contributed by atoms with Crippen molar-refractivity contribution >= 4 is 24.2 Å². The molecule has 0 aromatic heterocycles. The Morgan fingerprint density at radius 3 is 2.67 bits per heavy atom. The van der Waals surface area contributed by atoms with Crippen LogP contribution in [0.5, 0.6) is 0 Å². The fourth-order valence-corrected chi connectivity index (χ4v) is 3.21. The average molecular weight is 209 g/mol. The number of likely N-dealkylation sites (tertiary alicyclic amines) is 1. The first-order valence-electron chi connectivity index (χ1n) is 4.43. The van der Waals surface area contributed by atoms with Gasteiger partial charge in [-0.3, -0.25) is 4.90 Å². The van der Waals surface area contributed by atoms with Crippen molar-refractivity contribution in [2.24, 2.45) is 5.73 Å². The number of nitrogens with zero attached hydrogens (tertiary/aromatic N) is 1. The molecule has 2 fully saturated rings. The normalized spacial score (nSPS) is 36.8. The summed E-state index contributed by atoms with van der Waals surface area (Å²) in [7, 11) is 0. The molecule has 2 saturated heterocycles. The maximum absolute atomic E-state index is 5.84. The van der Waals surface area contributed by atoms with Gasteiger partial charge in [-0.05, 0) is 18.6 Å². The molecule has 0 radical (unpaired) electrons. The van der Waals surface area contributed by atoms with E-state index in [1.165, 1.54) is 30.9 Å². The molecule has 12 heavy (non-hydrogen) atoms. The van der Waals surface area contributed by atoms with Crippen LogP contribution < -0.4 is 5.73 Å². The molecule has 2 aliphatic rings. The van der Waals surface area contributed by atoms with Crippen molar-refractivity contribution in [1.82, 2.24) is 4.90 Å². The Morgan fingerprint density at radius 1 is 1.33 bits per heavy atom. The van der Waals surface area contributed by atoms with E-state index in [1.807, 2.05) is 0 Å². The molecule has 2 N–H and O–H groups in total. The van der Waals surface area contributed by atoms with Crippen LogP contribution in [0.2, 0.25) is 0 Å². The molecule has 72 valence electrons. The first-order valence-corrected chi connectivity index (χ1v) is 5.59. The minimum Gasteiger partial charge on any atom is -0.326 e. The Balaban J connectivity index is 0.000000720. The van der Waals surface area contributed by atoms with E-state index >= 15 is 0 Å². The lowest BCUT2D eigenvalue weighted by atomic mass is 10.2. The molecule has 0 aliphatic carbocycles. The van der Waals surface area contributed by atoms with E-state index in [1.54, 1.807) is 0 Å². The van der Waals surface area contributed by atoms with E-state index in [2.05, 4.69) is 16.7 Å². The fraction of sp³-hybridized carbons (Fsp3) is 1.00. The van der Waals surface area contributed by atoms with Crippen LogP contribution >= 0.6 is 24.2 Å². The van der Waals surface area contributed by atoms with Crippen LogP contribution in [0.4, 0.5) is 0 Å². The number of hydrogen-bond acceptors (Lipinski definition) is 3. The first-order chi connectivity index (χ1) is 5.36. The summed E-state index contributed by atoms with van der Waals surface area (Å²) in [6, 6.07) is 1.31. The summed E-state index contributed by atoms with van der Waals surface area (Å²) >= 11 is 2.09. The number of halogens is 1. The van der Waals surface area contributed by atoms with Crippen LogP contribution in [-0.4, -0.2) is 41.6 Å². The lowest BCUT2D eigenvalue weighted by Crippen LogP contribution is -2.35. The van der Waals surface area contributed by atoms with E-state index in [9.17, 15) is 0 Å². The largest absolute Gasteiger partial charge is 0.326 e. The topological polar surface area (TPSA) is 29.3 Å². The summed E-state index contributed by atoms with van der Waals surface area (Å²) in [6.45, 7) is 2.39. The molecule has 0 aromatic carbocycles. The summed E-state index contributed by atoms with van der Waals surface area (Å²) in [6.07, 6.45) is 2.60. The molecule has 4 heteroatoms. The predicted octanol–water partition coefficient (Wildman–Crippen LogP) is 0.947. The summed E-state index contributed by atoms with van der Waals surface area (Å²) < 4.78 is 0. The fourth-order valence-electron chi connectivity index (χ4n) is 1.96. The third-order valence-corrected chi connectivity index (χ3v) is 3.82. The van der Waals surface area contributed by atoms with Gasteiger partial charge >= 0.3 is 0 Å². The highest BCUT2D eigenvalue weighted by molar-refractivity contribution is 7.99. The van der Waals surface area contributed by atoms with Gasteiger partial charge in [-0.25, -0.2) is 0 Å². The predicted molar refractivity (Wildman–Crippen MR) is 57.1 cm³/mol. The van der Waals surface area contributed by atoms with Crippen LogP contribution in [0.15, 0.2) is 0 Å². The Hall–Kier alpha value is 0.560. The van der Waals surface area contributed by atoms with Gasteiger partial charge in [-0.1, -0.05) is 0 Å². The summed E-state index contributed by atoms with van der Waals surface area (Å²) in [5.41, 5.74) is 5.84. The standard InChI is InChI=1S/C8H16N2S.ClH/c9-7-1-3-10(5-7)8-2-4-11-6-8;/h7-8H,1-6,9H2;1H/t7-,8?;/m1./s1. The van der Waals surface area contributed by atoms with Crippen molar-refractivity contribution in [1.29, 1.82) is 0 Å². The molecule has 2 heterocycles. The average Bonchev–Trinajstić information content (AvgIpc) is 2.55. The number of rotatable bonds is 1. The zero-order chi connectivity index (χ0) is 7.68. The van der Waals surface area contributed by atoms with E-state index < -0.39 is 0 Å². The van der Waals surface area contributed by atoms with Gasteiger partial charge in [0, 0.05) is 30.9 Å². The molecule has 2 rings (SSSR count). The van der Waals surface area contributed by atoms with E-state index in [0.29, 0.717) is 6.04 Å². The molecule has 1 unspecified atom stereocenters. The summed E-state index contributed by atoms with van der Waals surface area (Å²) in [5, 5.41) is 0. The molecule has 0 saturated carbocycles. The molecule has 2 nitrogen and oxygen atoms in total. The van der Waals surface area contributed by atoms with Crippen molar-refractivity contribution in [3.8, 4) is 0 Å². The summed E-state index contributed by atoms with van der Waals surface area (Å²) in [4.78, 5) is 2.57. The van der Waals surface area contributed by atoms with Crippen LogP contribution in [-0.2, 0) is 0 Å². The molecule has 2 aliphatic heterocycles. The van der Waals surface area contributed by atoms with E-state index in [0.717, 1.165) is 12.6 Å². The SMILES string of the molecule is Cl.N[C@@H]1CCN(C2CCSC2)C1. The van der Waals surface area contributed by atoms with Gasteiger partial charge in [-0.2, -0.15) is 11.8 Å². The molecule has 0 bridgehead atoms. The zero-order valence-electron chi connectivity index (χ0n) is 7.24. The quantitative estimate of drug-likeness (QED) is 0.696. The highest BCUT2D eigenvalue weighted by atomic mass is 35.5. The highest BCUT2D eigenvalue weighted by Crippen LogP contribution is 2.24. The van der Waals surface area contributed by atoms with E-state index in [-0.39, 0.29) is 12.4 Å². The molecular weight excluding hydrogens is 192 g/mol. The van der Waals surface area contributed by atoms with Gasteiger partial charge in [0.2, 0.25) is 0 Å². The monoisotopic (exact) mass is 208 g/mol. The van der Waals surface area contributed by atoms with E-state index in [4.69, 9.17) is 5.73 Å². The van der Waals surface area contributed by atoms with Gasteiger partial charge in [0.05, 0.1) is 0 Å². The van der Waals surface area contributed by atoms with Gasteiger partial charge < -0.3 is 5.73 Å². The summed E-state index contributed by atoms with van der Waals surface area (Å²) in [5.74, 6) is 2.70. The Bertz CT molecular complexity index is 139. The van der Waals surface area contributed by atoms with Crippen molar-refractivity contribution in [2.75, 3.05) is 24.6 Å². The maximum Gasteiger partial charge on any atom is 0.0194 e. The van der Waals surface area contributed by atoms with Crippen molar-refractivity contribution in [3.63, 3.8) is 0 Å². The Morgan fingerprint density at radius 2 is 2.17 bits per heavy atom. The molecule has 0 aromatic rings. The number of hydrogen-bond donors (Lipinski definition) is 1. The smallest absolute Gasteiger partial charge is 0.0194 e. The second-order valence-corrected chi connectivity index (χ2v) is 4.71. The van der Waals surface area contributed by atoms with Crippen LogP contribution in [0.1, 0.15) is 12.8 Å². The molecule has 2 atom stereocenters.